The fourth-order valence-corrected chi connectivity index (χ4v) is 2.29. The van der Waals surface area contributed by atoms with E-state index in [4.69, 9.17) is 27.6 Å². The van der Waals surface area contributed by atoms with Gasteiger partial charge in [-0.05, 0) is 42.8 Å². The standard InChI is InChI=1S/C14H15Cl2NO2/c1-9(11-7-10(15)4-5-12(11)16)17-8-13(18)14-3-2-6-19-14/h2-7,9,13,17-18H,8H2,1H3. The summed E-state index contributed by atoms with van der Waals surface area (Å²) in [4.78, 5) is 0. The van der Waals surface area contributed by atoms with Gasteiger partial charge in [-0.2, -0.15) is 0 Å². The third kappa shape index (κ3) is 3.74. The molecule has 0 radical (unpaired) electrons. The van der Waals surface area contributed by atoms with Crippen molar-refractivity contribution >= 4 is 23.2 Å². The van der Waals surface area contributed by atoms with Crippen LogP contribution in [-0.2, 0) is 0 Å². The van der Waals surface area contributed by atoms with E-state index in [0.29, 0.717) is 22.4 Å². The fraction of sp³-hybridized carbons (Fsp3) is 0.286. The number of hydrogen-bond donors (Lipinski definition) is 2. The highest BCUT2D eigenvalue weighted by Gasteiger charge is 2.14. The van der Waals surface area contributed by atoms with E-state index in [0.717, 1.165) is 5.56 Å². The lowest BCUT2D eigenvalue weighted by Gasteiger charge is -2.17. The lowest BCUT2D eigenvalue weighted by Crippen LogP contribution is -2.24. The van der Waals surface area contributed by atoms with Crippen molar-refractivity contribution in [1.29, 1.82) is 0 Å². The largest absolute Gasteiger partial charge is 0.467 e. The summed E-state index contributed by atoms with van der Waals surface area (Å²) in [5.41, 5.74) is 0.904. The van der Waals surface area contributed by atoms with Gasteiger partial charge in [0, 0.05) is 22.6 Å². The molecule has 0 spiro atoms. The highest BCUT2D eigenvalue weighted by molar-refractivity contribution is 6.33. The number of nitrogens with one attached hydrogen (secondary N) is 1. The molecule has 2 aromatic rings. The quantitative estimate of drug-likeness (QED) is 0.878. The average molecular weight is 300 g/mol. The van der Waals surface area contributed by atoms with Crippen molar-refractivity contribution in [2.75, 3.05) is 6.54 Å². The van der Waals surface area contributed by atoms with Crippen LogP contribution in [0, 0.1) is 0 Å². The first-order valence-corrected chi connectivity index (χ1v) is 6.73. The van der Waals surface area contributed by atoms with Gasteiger partial charge in [0.15, 0.2) is 0 Å². The number of aliphatic hydroxyl groups is 1. The van der Waals surface area contributed by atoms with Crippen LogP contribution in [0.25, 0.3) is 0 Å². The molecular weight excluding hydrogens is 285 g/mol. The molecule has 1 aromatic heterocycles. The summed E-state index contributed by atoms with van der Waals surface area (Å²) in [5, 5.41) is 14.4. The van der Waals surface area contributed by atoms with Crippen molar-refractivity contribution in [3.05, 3.63) is 58.0 Å². The van der Waals surface area contributed by atoms with Gasteiger partial charge in [-0.1, -0.05) is 23.2 Å². The molecule has 0 aliphatic heterocycles. The summed E-state index contributed by atoms with van der Waals surface area (Å²) < 4.78 is 5.14. The maximum Gasteiger partial charge on any atom is 0.133 e. The maximum atomic E-state index is 9.91. The first-order chi connectivity index (χ1) is 9.08. The number of aliphatic hydroxyl groups excluding tert-OH is 1. The van der Waals surface area contributed by atoms with E-state index in [1.54, 1.807) is 24.3 Å². The van der Waals surface area contributed by atoms with Crippen LogP contribution in [0.15, 0.2) is 41.0 Å². The van der Waals surface area contributed by atoms with Gasteiger partial charge >= 0.3 is 0 Å². The predicted molar refractivity (Wildman–Crippen MR) is 76.5 cm³/mol. The highest BCUT2D eigenvalue weighted by atomic mass is 35.5. The third-order valence-electron chi connectivity index (χ3n) is 2.91. The maximum absolute atomic E-state index is 9.91. The van der Waals surface area contributed by atoms with E-state index in [-0.39, 0.29) is 6.04 Å². The van der Waals surface area contributed by atoms with Crippen LogP contribution in [0.1, 0.15) is 30.4 Å². The molecule has 1 aromatic carbocycles. The minimum Gasteiger partial charge on any atom is -0.467 e. The molecule has 1 heterocycles. The molecular formula is C14H15Cl2NO2. The molecule has 5 heteroatoms. The number of rotatable bonds is 5. The number of hydrogen-bond acceptors (Lipinski definition) is 3. The normalized spacial score (nSPS) is 14.3. The van der Waals surface area contributed by atoms with E-state index in [9.17, 15) is 5.11 Å². The second-order valence-corrected chi connectivity index (χ2v) is 5.17. The molecule has 19 heavy (non-hydrogen) atoms. The van der Waals surface area contributed by atoms with Gasteiger partial charge in [0.1, 0.15) is 11.9 Å². The van der Waals surface area contributed by atoms with Crippen molar-refractivity contribution in [2.24, 2.45) is 0 Å². The van der Waals surface area contributed by atoms with Gasteiger partial charge in [-0.25, -0.2) is 0 Å². The summed E-state index contributed by atoms with van der Waals surface area (Å²) in [7, 11) is 0. The molecule has 0 saturated heterocycles. The van der Waals surface area contributed by atoms with E-state index < -0.39 is 6.10 Å². The Kier molecular flexibility index (Phi) is 4.88. The topological polar surface area (TPSA) is 45.4 Å². The first-order valence-electron chi connectivity index (χ1n) is 5.97. The van der Waals surface area contributed by atoms with Crippen LogP contribution < -0.4 is 5.32 Å². The Labute approximate surface area is 122 Å². The molecule has 0 amide bonds. The van der Waals surface area contributed by atoms with Gasteiger partial charge in [0.2, 0.25) is 0 Å². The molecule has 102 valence electrons. The minimum absolute atomic E-state index is 0.0178. The van der Waals surface area contributed by atoms with Crippen LogP contribution in [0.5, 0.6) is 0 Å². The highest BCUT2D eigenvalue weighted by Crippen LogP contribution is 2.26. The molecule has 2 rings (SSSR count). The zero-order valence-electron chi connectivity index (χ0n) is 10.4. The summed E-state index contributed by atoms with van der Waals surface area (Å²) in [6, 6.07) is 8.80. The molecule has 0 aliphatic carbocycles. The summed E-state index contributed by atoms with van der Waals surface area (Å²) >= 11 is 12.1. The van der Waals surface area contributed by atoms with Crippen LogP contribution in [-0.4, -0.2) is 11.7 Å². The Morgan fingerprint density at radius 3 is 2.79 bits per heavy atom. The molecule has 0 fully saturated rings. The van der Waals surface area contributed by atoms with Gasteiger partial charge in [0.05, 0.1) is 6.26 Å². The first kappa shape index (κ1) is 14.4. The Balaban J connectivity index is 1.97. The third-order valence-corrected chi connectivity index (χ3v) is 3.49. The molecule has 3 nitrogen and oxygen atoms in total. The summed E-state index contributed by atoms with van der Waals surface area (Å²) in [6.07, 6.45) is 0.853. The van der Waals surface area contributed by atoms with E-state index >= 15 is 0 Å². The number of halogens is 2. The predicted octanol–water partition coefficient (Wildman–Crippen LogP) is 3.97. The molecule has 0 bridgehead atoms. The fourth-order valence-electron chi connectivity index (χ4n) is 1.83. The van der Waals surface area contributed by atoms with E-state index in [2.05, 4.69) is 5.32 Å². The second kappa shape index (κ2) is 6.44. The molecule has 2 unspecified atom stereocenters. The van der Waals surface area contributed by atoms with Gasteiger partial charge < -0.3 is 14.8 Å². The minimum atomic E-state index is -0.685. The van der Waals surface area contributed by atoms with Crippen LogP contribution >= 0.6 is 23.2 Å². The number of benzene rings is 1. The van der Waals surface area contributed by atoms with Crippen LogP contribution in [0.3, 0.4) is 0 Å². The van der Waals surface area contributed by atoms with Gasteiger partial charge in [-0.3, -0.25) is 0 Å². The lowest BCUT2D eigenvalue weighted by molar-refractivity contribution is 0.144. The number of furan rings is 1. The molecule has 2 N–H and O–H groups in total. The zero-order valence-corrected chi connectivity index (χ0v) is 11.9. The molecule has 0 saturated carbocycles. The van der Waals surface area contributed by atoms with Crippen molar-refractivity contribution in [3.8, 4) is 0 Å². The van der Waals surface area contributed by atoms with Crippen LogP contribution in [0.2, 0.25) is 10.0 Å². The van der Waals surface area contributed by atoms with Crippen molar-refractivity contribution in [3.63, 3.8) is 0 Å². The smallest absolute Gasteiger partial charge is 0.133 e. The Morgan fingerprint density at radius 1 is 1.32 bits per heavy atom. The monoisotopic (exact) mass is 299 g/mol. The zero-order chi connectivity index (χ0) is 13.8. The molecule has 2 atom stereocenters. The SMILES string of the molecule is CC(NCC(O)c1ccco1)c1cc(Cl)ccc1Cl. The lowest BCUT2D eigenvalue weighted by atomic mass is 10.1. The van der Waals surface area contributed by atoms with Crippen LogP contribution in [0.4, 0.5) is 0 Å². The Bertz CT molecular complexity index is 528. The van der Waals surface area contributed by atoms with Gasteiger partial charge in [-0.15, -0.1) is 0 Å². The van der Waals surface area contributed by atoms with Gasteiger partial charge in [0.25, 0.3) is 0 Å². The second-order valence-electron chi connectivity index (χ2n) is 4.33. The summed E-state index contributed by atoms with van der Waals surface area (Å²) in [5.74, 6) is 0.539. The van der Waals surface area contributed by atoms with Crippen molar-refractivity contribution in [1.82, 2.24) is 5.32 Å². The summed E-state index contributed by atoms with van der Waals surface area (Å²) in [6.45, 7) is 2.34. The van der Waals surface area contributed by atoms with E-state index in [1.165, 1.54) is 6.26 Å². The Hall–Kier alpha value is -1.000. The molecule has 0 aliphatic rings. The van der Waals surface area contributed by atoms with Crippen molar-refractivity contribution in [2.45, 2.75) is 19.1 Å². The van der Waals surface area contributed by atoms with E-state index in [1.807, 2.05) is 13.0 Å². The Morgan fingerprint density at radius 2 is 2.11 bits per heavy atom. The van der Waals surface area contributed by atoms with Crippen molar-refractivity contribution < 1.29 is 9.52 Å². The average Bonchev–Trinajstić information content (AvgIpc) is 2.92.